The Balaban J connectivity index is 1.47. The van der Waals surface area contributed by atoms with Gasteiger partial charge in [-0.05, 0) is 131 Å². The largest absolute Gasteiger partial charge is 0.0757 e. The molecule has 43 heavy (non-hydrogen) atoms. The first-order chi connectivity index (χ1) is 21.1. The number of benzene rings is 6. The predicted octanol–water partition coefficient (Wildman–Crippen LogP) is 9.74. The average molecular weight is 547 g/mol. The molecule has 0 aliphatic heterocycles. The molecule has 0 amide bonds. The van der Waals surface area contributed by atoms with Crippen LogP contribution in [0.2, 0.25) is 0 Å². The summed E-state index contributed by atoms with van der Waals surface area (Å²) < 4.78 is 0. The third-order valence-corrected chi connectivity index (χ3v) is 9.88. The molecule has 0 fully saturated rings. The minimum atomic E-state index is -0.111. The Morgan fingerprint density at radius 2 is 1.12 bits per heavy atom. The smallest absolute Gasteiger partial charge is 0.0365 e. The van der Waals surface area contributed by atoms with Gasteiger partial charge in [0, 0.05) is 11.0 Å². The fraction of sp³-hybridized carbons (Fsp3) is 0.116. The Bertz CT molecular complexity index is 2420. The molecule has 0 radical (unpaired) electrons. The predicted molar refractivity (Wildman–Crippen MR) is 182 cm³/mol. The van der Waals surface area contributed by atoms with Gasteiger partial charge in [0.2, 0.25) is 0 Å². The van der Waals surface area contributed by atoms with E-state index in [1.54, 1.807) is 0 Å². The Labute approximate surface area is 252 Å². The highest BCUT2D eigenvalue weighted by Crippen LogP contribution is 2.50. The quantitative estimate of drug-likeness (QED) is 0.202. The lowest BCUT2D eigenvalue weighted by Gasteiger charge is -2.23. The molecular formula is C43H30. The van der Waals surface area contributed by atoms with Crippen molar-refractivity contribution in [3.8, 4) is 33.4 Å². The summed E-state index contributed by atoms with van der Waals surface area (Å²) in [7, 11) is 0. The van der Waals surface area contributed by atoms with Crippen LogP contribution in [0.15, 0.2) is 109 Å². The van der Waals surface area contributed by atoms with E-state index in [4.69, 9.17) is 0 Å². The van der Waals surface area contributed by atoms with Crippen LogP contribution in [0.1, 0.15) is 37.8 Å². The fourth-order valence-electron chi connectivity index (χ4n) is 7.76. The second-order valence-corrected chi connectivity index (χ2v) is 12.6. The van der Waals surface area contributed by atoms with Gasteiger partial charge < -0.3 is 0 Å². The van der Waals surface area contributed by atoms with Crippen molar-refractivity contribution in [3.63, 3.8) is 0 Å². The molecule has 0 aromatic heterocycles. The Hall–Kier alpha value is -5.12. The third kappa shape index (κ3) is 3.52. The molecule has 0 heterocycles. The van der Waals surface area contributed by atoms with Crippen LogP contribution >= 0.6 is 0 Å². The van der Waals surface area contributed by atoms with Gasteiger partial charge in [-0.1, -0.05) is 111 Å². The monoisotopic (exact) mass is 546 g/mol. The van der Waals surface area contributed by atoms with Crippen LogP contribution in [0, 0.1) is 12.1 Å². The maximum Gasteiger partial charge on any atom is 0.0365 e. The lowest BCUT2D eigenvalue weighted by Crippen LogP contribution is -2.31. The van der Waals surface area contributed by atoms with Gasteiger partial charge in [-0.3, -0.25) is 0 Å². The van der Waals surface area contributed by atoms with Crippen molar-refractivity contribution in [2.24, 2.45) is 0 Å². The standard InChI is InChI=1S/C43H30/c1-43(2)39-18-10-9-15-33(39)36-25-37-38(26-40(36)43)42(32-22-20-28-12-4-6-14-30(28)24-32)35-17-8-7-16-34(35)41(37)31-21-19-27-11-3-5-13-29(27)23-31/h3-6,10-14,16-26H,7-8H2,1-2H3. The maximum atomic E-state index is 3.50. The molecule has 0 heteroatoms. The van der Waals surface area contributed by atoms with Crippen LogP contribution in [-0.2, 0) is 5.41 Å². The number of rotatable bonds is 2. The van der Waals surface area contributed by atoms with Crippen LogP contribution in [0.5, 0.6) is 0 Å². The molecule has 0 spiro atoms. The summed E-state index contributed by atoms with van der Waals surface area (Å²) in [5.41, 5.74) is 10.3. The highest BCUT2D eigenvalue weighted by atomic mass is 14.4. The first-order valence-corrected chi connectivity index (χ1v) is 15.3. The number of fused-ring (bicyclic) bond motifs is 7. The van der Waals surface area contributed by atoms with Gasteiger partial charge in [-0.15, -0.1) is 0 Å². The molecule has 9 rings (SSSR count). The van der Waals surface area contributed by atoms with Gasteiger partial charge in [-0.25, -0.2) is 0 Å². The lowest BCUT2D eigenvalue weighted by atomic mass is 9.79. The molecule has 0 saturated heterocycles. The van der Waals surface area contributed by atoms with E-state index >= 15 is 0 Å². The molecule has 2 aliphatic carbocycles. The van der Waals surface area contributed by atoms with Gasteiger partial charge >= 0.3 is 0 Å². The van der Waals surface area contributed by atoms with Crippen LogP contribution in [0.4, 0.5) is 0 Å². The third-order valence-electron chi connectivity index (χ3n) is 9.88. The van der Waals surface area contributed by atoms with Crippen molar-refractivity contribution in [1.29, 1.82) is 0 Å². The van der Waals surface area contributed by atoms with E-state index in [1.165, 1.54) is 87.3 Å². The van der Waals surface area contributed by atoms with E-state index in [2.05, 4.69) is 141 Å². The van der Waals surface area contributed by atoms with Crippen LogP contribution in [-0.4, -0.2) is 0 Å². The van der Waals surface area contributed by atoms with E-state index in [-0.39, 0.29) is 5.41 Å². The van der Waals surface area contributed by atoms with Crippen molar-refractivity contribution in [2.75, 3.05) is 0 Å². The molecule has 0 nitrogen and oxygen atoms in total. The normalized spacial score (nSPS) is 14.5. The second kappa shape index (κ2) is 8.94. The van der Waals surface area contributed by atoms with Crippen molar-refractivity contribution in [2.45, 2.75) is 32.1 Å². The van der Waals surface area contributed by atoms with Crippen molar-refractivity contribution >= 4 is 44.5 Å². The van der Waals surface area contributed by atoms with Crippen molar-refractivity contribution < 1.29 is 0 Å². The van der Waals surface area contributed by atoms with Gasteiger partial charge in [0.25, 0.3) is 0 Å². The minimum Gasteiger partial charge on any atom is -0.0757 e. The molecule has 7 aromatic carbocycles. The molecule has 7 aromatic rings. The Morgan fingerprint density at radius 3 is 1.72 bits per heavy atom. The summed E-state index contributed by atoms with van der Waals surface area (Å²) >= 11 is 0. The highest BCUT2D eigenvalue weighted by molar-refractivity contribution is 6.10. The summed E-state index contributed by atoms with van der Waals surface area (Å²) in [6.07, 6.45) is 7.08. The number of hydrogen-bond acceptors (Lipinski definition) is 0. The molecule has 202 valence electrons. The zero-order valence-electron chi connectivity index (χ0n) is 24.5. The Kier molecular flexibility index (Phi) is 5.09. The van der Waals surface area contributed by atoms with Gasteiger partial charge in [0.05, 0.1) is 0 Å². The summed E-state index contributed by atoms with van der Waals surface area (Å²) in [6.45, 7) is 4.71. The van der Waals surface area contributed by atoms with Crippen LogP contribution in [0.25, 0.3) is 77.9 Å². The number of hydrogen-bond donors (Lipinski definition) is 0. The van der Waals surface area contributed by atoms with E-state index in [1.807, 2.05) is 6.07 Å². The summed E-state index contributed by atoms with van der Waals surface area (Å²) in [6, 6.07) is 47.3. The van der Waals surface area contributed by atoms with E-state index in [0.29, 0.717) is 0 Å². The van der Waals surface area contributed by atoms with Crippen LogP contribution in [0.3, 0.4) is 0 Å². The van der Waals surface area contributed by atoms with Gasteiger partial charge in [-0.2, -0.15) is 0 Å². The zero-order chi connectivity index (χ0) is 28.7. The molecule has 2 aliphatic rings. The fourth-order valence-corrected chi connectivity index (χ4v) is 7.76. The zero-order valence-corrected chi connectivity index (χ0v) is 24.5. The van der Waals surface area contributed by atoms with Gasteiger partial charge in [0.15, 0.2) is 0 Å². The first-order valence-electron chi connectivity index (χ1n) is 15.3. The second-order valence-electron chi connectivity index (χ2n) is 12.6. The van der Waals surface area contributed by atoms with E-state index < -0.39 is 0 Å². The molecular weight excluding hydrogens is 516 g/mol. The maximum absolute atomic E-state index is 3.50. The topological polar surface area (TPSA) is 0 Å². The van der Waals surface area contributed by atoms with E-state index in [9.17, 15) is 0 Å². The van der Waals surface area contributed by atoms with Crippen LogP contribution < -0.4 is 10.4 Å². The van der Waals surface area contributed by atoms with E-state index in [0.717, 1.165) is 12.8 Å². The molecule has 0 saturated carbocycles. The lowest BCUT2D eigenvalue weighted by molar-refractivity contribution is 0.661. The minimum absolute atomic E-state index is 0.111. The van der Waals surface area contributed by atoms with Gasteiger partial charge in [0.1, 0.15) is 0 Å². The average Bonchev–Trinajstić information content (AvgIpc) is 3.27. The summed E-state index contributed by atoms with van der Waals surface area (Å²) in [4.78, 5) is 0. The highest BCUT2D eigenvalue weighted by Gasteiger charge is 2.36. The first kappa shape index (κ1) is 24.5. The summed E-state index contributed by atoms with van der Waals surface area (Å²) in [5, 5.41) is 10.5. The molecule has 0 unspecified atom stereocenters. The summed E-state index contributed by atoms with van der Waals surface area (Å²) in [5.74, 6) is 0. The Morgan fingerprint density at radius 1 is 0.558 bits per heavy atom. The van der Waals surface area contributed by atoms with Crippen molar-refractivity contribution in [1.82, 2.24) is 0 Å². The SMILES string of the molecule is CC1(C)c2ccc#cc2-c2cc3c(-c4ccc5ccccc5c4)c4c(c(-c5ccc6ccccc6c5)c3cc21)=CCCC=4. The van der Waals surface area contributed by atoms with Crippen molar-refractivity contribution in [3.05, 3.63) is 143 Å². The molecule has 0 N–H and O–H groups in total. The molecule has 0 bridgehead atoms. The molecule has 0 atom stereocenters.